The summed E-state index contributed by atoms with van der Waals surface area (Å²) in [5.74, 6) is -0.473. The van der Waals surface area contributed by atoms with Crippen LogP contribution < -0.4 is 5.63 Å². The van der Waals surface area contributed by atoms with Gasteiger partial charge in [0.15, 0.2) is 0 Å². The van der Waals surface area contributed by atoms with E-state index in [0.29, 0.717) is 16.5 Å². The number of carbonyl (C=O) groups is 1. The summed E-state index contributed by atoms with van der Waals surface area (Å²) in [6, 6.07) is 12.7. The minimum Gasteiger partial charge on any atom is -0.508 e. The predicted molar refractivity (Wildman–Crippen MR) is 84.4 cm³/mol. The highest BCUT2D eigenvalue weighted by atomic mass is 16.5. The summed E-state index contributed by atoms with van der Waals surface area (Å²) in [7, 11) is 0. The van der Waals surface area contributed by atoms with Crippen molar-refractivity contribution in [2.45, 2.75) is 13.5 Å². The molecule has 0 saturated heterocycles. The molecule has 1 heterocycles. The van der Waals surface area contributed by atoms with Crippen molar-refractivity contribution in [1.29, 1.82) is 0 Å². The number of aromatic hydroxyl groups is 1. The van der Waals surface area contributed by atoms with E-state index in [4.69, 9.17) is 9.15 Å². The second-order valence-corrected chi connectivity index (χ2v) is 5.21. The molecule has 0 atom stereocenters. The van der Waals surface area contributed by atoms with Crippen molar-refractivity contribution in [3.63, 3.8) is 0 Å². The molecule has 0 aliphatic heterocycles. The molecule has 3 rings (SSSR count). The van der Waals surface area contributed by atoms with Crippen LogP contribution in [0.3, 0.4) is 0 Å². The van der Waals surface area contributed by atoms with E-state index in [1.54, 1.807) is 18.2 Å². The number of fused-ring (bicyclic) bond motifs is 1. The van der Waals surface area contributed by atoms with E-state index in [2.05, 4.69) is 0 Å². The van der Waals surface area contributed by atoms with Gasteiger partial charge in [0.2, 0.25) is 0 Å². The molecular formula is C18H14O5. The van der Waals surface area contributed by atoms with Crippen molar-refractivity contribution in [2.24, 2.45) is 0 Å². The van der Waals surface area contributed by atoms with Crippen molar-refractivity contribution in [1.82, 2.24) is 0 Å². The molecule has 0 fully saturated rings. The van der Waals surface area contributed by atoms with E-state index in [1.165, 1.54) is 18.2 Å². The van der Waals surface area contributed by atoms with E-state index >= 15 is 0 Å². The molecule has 3 aromatic rings. The van der Waals surface area contributed by atoms with Gasteiger partial charge >= 0.3 is 11.6 Å². The molecule has 0 amide bonds. The van der Waals surface area contributed by atoms with Crippen LogP contribution >= 0.6 is 0 Å². The predicted octanol–water partition coefficient (Wildman–Crippen LogP) is 3.16. The Bertz CT molecular complexity index is 922. The highest BCUT2D eigenvalue weighted by Crippen LogP contribution is 2.22. The van der Waals surface area contributed by atoms with Gasteiger partial charge in [-0.2, -0.15) is 0 Å². The molecule has 0 unspecified atom stereocenters. The van der Waals surface area contributed by atoms with Crippen molar-refractivity contribution < 1.29 is 19.1 Å². The van der Waals surface area contributed by atoms with E-state index < -0.39 is 11.6 Å². The molecule has 0 spiro atoms. The van der Waals surface area contributed by atoms with Crippen LogP contribution in [0.25, 0.3) is 11.0 Å². The zero-order chi connectivity index (χ0) is 16.4. The van der Waals surface area contributed by atoms with Gasteiger partial charge in [0.1, 0.15) is 17.9 Å². The van der Waals surface area contributed by atoms with Crippen LogP contribution in [0, 0.1) is 6.92 Å². The van der Waals surface area contributed by atoms with Crippen LogP contribution in [-0.4, -0.2) is 11.1 Å². The van der Waals surface area contributed by atoms with E-state index in [1.807, 2.05) is 19.1 Å². The fourth-order valence-corrected chi connectivity index (χ4v) is 2.25. The van der Waals surface area contributed by atoms with Gasteiger partial charge in [-0.05, 0) is 31.2 Å². The summed E-state index contributed by atoms with van der Waals surface area (Å²) in [4.78, 5) is 23.6. The van der Waals surface area contributed by atoms with Crippen LogP contribution in [0.2, 0.25) is 0 Å². The summed E-state index contributed by atoms with van der Waals surface area (Å²) in [5.41, 5.74) is 1.70. The quantitative estimate of drug-likeness (QED) is 0.594. The van der Waals surface area contributed by atoms with Gasteiger partial charge in [0.25, 0.3) is 0 Å². The summed E-state index contributed by atoms with van der Waals surface area (Å²) < 4.78 is 10.3. The van der Waals surface area contributed by atoms with Gasteiger partial charge in [-0.25, -0.2) is 9.59 Å². The maximum absolute atomic E-state index is 12.0. The van der Waals surface area contributed by atoms with Gasteiger partial charge < -0.3 is 14.3 Å². The lowest BCUT2D eigenvalue weighted by Crippen LogP contribution is -2.08. The van der Waals surface area contributed by atoms with Crippen LogP contribution in [0.15, 0.2) is 57.7 Å². The van der Waals surface area contributed by atoms with E-state index in [-0.39, 0.29) is 17.9 Å². The lowest BCUT2D eigenvalue weighted by Gasteiger charge is -2.07. The molecule has 0 aliphatic rings. The van der Waals surface area contributed by atoms with E-state index in [0.717, 1.165) is 5.56 Å². The average molecular weight is 310 g/mol. The van der Waals surface area contributed by atoms with Crippen molar-refractivity contribution in [3.8, 4) is 5.75 Å². The maximum atomic E-state index is 12.0. The van der Waals surface area contributed by atoms with Gasteiger partial charge in [-0.3, -0.25) is 0 Å². The molecule has 0 bridgehead atoms. The third-order valence-corrected chi connectivity index (χ3v) is 3.46. The first-order valence-corrected chi connectivity index (χ1v) is 7.02. The average Bonchev–Trinajstić information content (AvgIpc) is 2.52. The minimum atomic E-state index is -0.565. The van der Waals surface area contributed by atoms with Gasteiger partial charge in [-0.15, -0.1) is 0 Å². The number of ether oxygens (including phenoxy) is 1. The number of hydrogen-bond acceptors (Lipinski definition) is 5. The van der Waals surface area contributed by atoms with Crippen molar-refractivity contribution in [3.05, 3.63) is 75.6 Å². The second-order valence-electron chi connectivity index (χ2n) is 5.21. The Labute approximate surface area is 131 Å². The molecule has 2 aromatic carbocycles. The second kappa shape index (κ2) is 5.96. The highest BCUT2D eigenvalue weighted by Gasteiger charge is 2.11. The van der Waals surface area contributed by atoms with Crippen molar-refractivity contribution >= 4 is 16.9 Å². The Kier molecular flexibility index (Phi) is 3.85. The Balaban J connectivity index is 1.85. The molecule has 0 radical (unpaired) electrons. The summed E-state index contributed by atoms with van der Waals surface area (Å²) >= 11 is 0. The Morgan fingerprint density at radius 1 is 1.13 bits per heavy atom. The topological polar surface area (TPSA) is 76.7 Å². The standard InChI is InChI=1S/C18H14O5/c1-11-2-4-12(5-3-11)18(21)22-10-13-8-17(20)23-16-9-14(19)6-7-15(13)16/h2-9,19H,10H2,1H3. The number of phenolic OH excluding ortho intramolecular Hbond substituents is 1. The Morgan fingerprint density at radius 3 is 2.61 bits per heavy atom. The first-order chi connectivity index (χ1) is 11.0. The molecule has 1 N–H and O–H groups in total. The highest BCUT2D eigenvalue weighted by molar-refractivity contribution is 5.89. The molecule has 5 heteroatoms. The van der Waals surface area contributed by atoms with Gasteiger partial charge in [0, 0.05) is 23.1 Å². The number of phenols is 1. The lowest BCUT2D eigenvalue weighted by molar-refractivity contribution is 0.0474. The fourth-order valence-electron chi connectivity index (χ4n) is 2.25. The monoisotopic (exact) mass is 310 g/mol. The smallest absolute Gasteiger partial charge is 0.338 e. The van der Waals surface area contributed by atoms with Crippen LogP contribution in [0.4, 0.5) is 0 Å². The largest absolute Gasteiger partial charge is 0.508 e. The number of esters is 1. The zero-order valence-electron chi connectivity index (χ0n) is 12.4. The number of benzene rings is 2. The van der Waals surface area contributed by atoms with E-state index in [9.17, 15) is 14.7 Å². The Hall–Kier alpha value is -3.08. The first kappa shape index (κ1) is 14.8. The zero-order valence-corrected chi connectivity index (χ0v) is 12.4. The lowest BCUT2D eigenvalue weighted by atomic mass is 10.1. The number of rotatable bonds is 3. The third kappa shape index (κ3) is 3.23. The van der Waals surface area contributed by atoms with Crippen molar-refractivity contribution in [2.75, 3.05) is 0 Å². The number of hydrogen-bond donors (Lipinski definition) is 1. The normalized spacial score (nSPS) is 10.7. The molecular weight excluding hydrogens is 296 g/mol. The summed E-state index contributed by atoms with van der Waals surface area (Å²) in [6.45, 7) is 1.87. The molecule has 23 heavy (non-hydrogen) atoms. The molecule has 5 nitrogen and oxygen atoms in total. The minimum absolute atomic E-state index is 0.00514. The SMILES string of the molecule is Cc1ccc(C(=O)OCc2cc(=O)oc3cc(O)ccc23)cc1. The number of carbonyl (C=O) groups excluding carboxylic acids is 1. The molecule has 116 valence electrons. The fraction of sp³-hybridized carbons (Fsp3) is 0.111. The number of aryl methyl sites for hydroxylation is 1. The van der Waals surface area contributed by atoms with Crippen LogP contribution in [0.1, 0.15) is 21.5 Å². The first-order valence-electron chi connectivity index (χ1n) is 7.02. The third-order valence-electron chi connectivity index (χ3n) is 3.46. The molecule has 0 aliphatic carbocycles. The molecule has 0 saturated carbocycles. The van der Waals surface area contributed by atoms with Gasteiger partial charge in [0.05, 0.1) is 5.56 Å². The maximum Gasteiger partial charge on any atom is 0.338 e. The van der Waals surface area contributed by atoms with Gasteiger partial charge in [-0.1, -0.05) is 17.7 Å². The Morgan fingerprint density at radius 2 is 1.87 bits per heavy atom. The summed E-state index contributed by atoms with van der Waals surface area (Å²) in [5, 5.41) is 10.1. The molecule has 1 aromatic heterocycles. The summed E-state index contributed by atoms with van der Waals surface area (Å²) in [6.07, 6.45) is 0. The van der Waals surface area contributed by atoms with Crippen LogP contribution in [-0.2, 0) is 11.3 Å². The van der Waals surface area contributed by atoms with Crippen LogP contribution in [0.5, 0.6) is 5.75 Å².